The van der Waals surface area contributed by atoms with E-state index in [1.54, 1.807) is 28.0 Å². The highest BCUT2D eigenvalue weighted by atomic mass is 32.1. The second kappa shape index (κ2) is 9.62. The number of aryl methyl sites for hydroxylation is 1. The number of ether oxygens (including phenoxy) is 1. The van der Waals surface area contributed by atoms with Crippen molar-refractivity contribution < 1.29 is 14.3 Å². The summed E-state index contributed by atoms with van der Waals surface area (Å²) in [6.45, 7) is 4.77. The highest BCUT2D eigenvalue weighted by Gasteiger charge is 2.48. The van der Waals surface area contributed by atoms with E-state index >= 15 is 0 Å². The van der Waals surface area contributed by atoms with Crippen LogP contribution >= 0.6 is 11.3 Å². The molecule has 0 saturated carbocycles. The van der Waals surface area contributed by atoms with E-state index in [9.17, 15) is 9.59 Å². The first kappa shape index (κ1) is 23.8. The van der Waals surface area contributed by atoms with Gasteiger partial charge in [-0.2, -0.15) is 5.10 Å². The van der Waals surface area contributed by atoms with Gasteiger partial charge in [0.1, 0.15) is 22.7 Å². The molecule has 4 aromatic rings. The molecule has 0 aliphatic carbocycles. The molecule has 1 aliphatic rings. The summed E-state index contributed by atoms with van der Waals surface area (Å²) in [6.07, 6.45) is 0. The number of fused-ring (bicyclic) bond motifs is 1. The number of thiophene rings is 1. The lowest BCUT2D eigenvalue weighted by atomic mass is 9.94. The van der Waals surface area contributed by atoms with Crippen molar-refractivity contribution in [2.75, 3.05) is 7.11 Å². The predicted octanol–water partition coefficient (Wildman–Crippen LogP) is 4.66. The van der Waals surface area contributed by atoms with Crippen molar-refractivity contribution in [1.82, 2.24) is 20.0 Å². The van der Waals surface area contributed by atoms with Gasteiger partial charge >= 0.3 is 0 Å². The zero-order chi connectivity index (χ0) is 25.3. The van der Waals surface area contributed by atoms with Crippen molar-refractivity contribution in [2.45, 2.75) is 39.0 Å². The number of benzene rings is 2. The van der Waals surface area contributed by atoms with Gasteiger partial charge < -0.3 is 15.0 Å². The van der Waals surface area contributed by atoms with E-state index in [0.29, 0.717) is 12.2 Å². The molecule has 1 N–H and O–H groups in total. The summed E-state index contributed by atoms with van der Waals surface area (Å²) < 4.78 is 6.95. The Morgan fingerprint density at radius 2 is 1.92 bits per heavy atom. The zero-order valence-corrected chi connectivity index (χ0v) is 21.3. The number of methoxy groups -OCH3 is 1. The Balaban J connectivity index is 1.48. The number of carbonyl (C=O) groups is 2. The van der Waals surface area contributed by atoms with E-state index in [2.05, 4.69) is 5.32 Å². The lowest BCUT2D eigenvalue weighted by Gasteiger charge is -2.43. The van der Waals surface area contributed by atoms with Crippen LogP contribution in [-0.4, -0.2) is 39.1 Å². The molecular formula is C28H28N4O3S. The van der Waals surface area contributed by atoms with E-state index in [4.69, 9.17) is 9.84 Å². The van der Waals surface area contributed by atoms with Gasteiger partial charge in [-0.1, -0.05) is 48.0 Å². The Morgan fingerprint density at radius 1 is 1.11 bits per heavy atom. The third-order valence-corrected chi connectivity index (χ3v) is 7.49. The van der Waals surface area contributed by atoms with Crippen molar-refractivity contribution in [1.29, 1.82) is 0 Å². The summed E-state index contributed by atoms with van der Waals surface area (Å²) in [6, 6.07) is 21.3. The molecule has 0 bridgehead atoms. The molecule has 1 unspecified atom stereocenters. The summed E-state index contributed by atoms with van der Waals surface area (Å²) in [7, 11) is 1.62. The molecule has 2 aromatic heterocycles. The highest BCUT2D eigenvalue weighted by Crippen LogP contribution is 2.33. The summed E-state index contributed by atoms with van der Waals surface area (Å²) >= 11 is 1.57. The molecule has 0 radical (unpaired) electrons. The van der Waals surface area contributed by atoms with Crippen LogP contribution in [0.3, 0.4) is 0 Å². The van der Waals surface area contributed by atoms with Crippen LogP contribution in [0, 0.1) is 6.92 Å². The molecule has 2 amide bonds. The Morgan fingerprint density at radius 3 is 2.61 bits per heavy atom. The minimum Gasteiger partial charge on any atom is -0.497 e. The third-order valence-electron chi connectivity index (χ3n) is 6.60. The van der Waals surface area contributed by atoms with Crippen LogP contribution in [0.2, 0.25) is 0 Å². The fraction of sp³-hybridized carbons (Fsp3) is 0.250. The summed E-state index contributed by atoms with van der Waals surface area (Å²) in [5.74, 6) is 0.298. The molecule has 0 spiro atoms. The highest BCUT2D eigenvalue weighted by molar-refractivity contribution is 7.13. The van der Waals surface area contributed by atoms with E-state index < -0.39 is 5.54 Å². The fourth-order valence-electron chi connectivity index (χ4n) is 4.54. The zero-order valence-electron chi connectivity index (χ0n) is 20.5. The van der Waals surface area contributed by atoms with Crippen molar-refractivity contribution in [3.05, 3.63) is 94.5 Å². The molecule has 2 aromatic carbocycles. The normalized spacial score (nSPS) is 17.1. The minimum atomic E-state index is -1.13. The Kier molecular flexibility index (Phi) is 6.36. The van der Waals surface area contributed by atoms with Gasteiger partial charge in [-0.05, 0) is 54.6 Å². The fourth-order valence-corrected chi connectivity index (χ4v) is 5.22. The molecular weight excluding hydrogens is 472 g/mol. The number of carbonyl (C=O) groups excluding carboxylic acids is 2. The smallest absolute Gasteiger partial charge is 0.273 e. The average Bonchev–Trinajstić information content (AvgIpc) is 3.56. The third kappa shape index (κ3) is 4.52. The van der Waals surface area contributed by atoms with Crippen LogP contribution in [0.1, 0.15) is 34.1 Å². The van der Waals surface area contributed by atoms with Gasteiger partial charge in [-0.15, -0.1) is 11.3 Å². The van der Waals surface area contributed by atoms with Gasteiger partial charge in [-0.3, -0.25) is 14.3 Å². The molecule has 5 rings (SSSR count). The SMILES string of the molecule is COc1ccc(CN2C(=O)c3cc(-c4cccs4)nn3CC2(C)C(=O)NCc2cccc(C)c2)cc1. The number of hydrogen-bond donors (Lipinski definition) is 1. The number of amides is 2. The maximum absolute atomic E-state index is 13.8. The standard InChI is InChI=1S/C28H28N4O3S/c1-19-6-4-7-21(14-19)16-29-27(34)28(2)18-32-24(15-23(30-32)25-8-5-13-36-25)26(33)31(28)17-20-9-11-22(35-3)12-10-20/h4-15H,16-18H2,1-3H3,(H,29,34). The topological polar surface area (TPSA) is 76.5 Å². The number of aromatic nitrogens is 2. The van der Waals surface area contributed by atoms with Gasteiger partial charge in [0.05, 0.1) is 18.5 Å². The molecule has 1 aliphatic heterocycles. The van der Waals surface area contributed by atoms with Crippen LogP contribution < -0.4 is 10.1 Å². The maximum Gasteiger partial charge on any atom is 0.273 e. The van der Waals surface area contributed by atoms with Crippen LogP contribution in [0.4, 0.5) is 0 Å². The summed E-state index contributed by atoms with van der Waals surface area (Å²) in [4.78, 5) is 30.2. The number of hydrogen-bond acceptors (Lipinski definition) is 5. The minimum absolute atomic E-state index is 0.218. The molecule has 3 heterocycles. The molecule has 1 atom stereocenters. The molecule has 184 valence electrons. The number of rotatable bonds is 7. The van der Waals surface area contributed by atoms with Gasteiger partial charge in [0.25, 0.3) is 5.91 Å². The molecule has 36 heavy (non-hydrogen) atoms. The van der Waals surface area contributed by atoms with Crippen molar-refractivity contribution in [3.63, 3.8) is 0 Å². The lowest BCUT2D eigenvalue weighted by Crippen LogP contribution is -2.63. The first-order valence-electron chi connectivity index (χ1n) is 11.8. The predicted molar refractivity (Wildman–Crippen MR) is 140 cm³/mol. The Labute approximate surface area is 214 Å². The molecule has 0 fully saturated rings. The van der Waals surface area contributed by atoms with Gasteiger partial charge in [-0.25, -0.2) is 0 Å². The van der Waals surface area contributed by atoms with Crippen LogP contribution in [0.15, 0.2) is 72.1 Å². The second-order valence-corrected chi connectivity index (χ2v) is 10.2. The monoisotopic (exact) mass is 500 g/mol. The number of nitrogens with zero attached hydrogens (tertiary/aromatic N) is 3. The maximum atomic E-state index is 13.8. The van der Waals surface area contributed by atoms with Crippen LogP contribution in [-0.2, 0) is 24.4 Å². The van der Waals surface area contributed by atoms with Gasteiger partial charge in [0, 0.05) is 13.1 Å². The van der Waals surface area contributed by atoms with E-state index in [0.717, 1.165) is 33.0 Å². The number of nitrogens with one attached hydrogen (secondary N) is 1. The van der Waals surface area contributed by atoms with E-state index in [1.807, 2.05) is 86.0 Å². The quantitative estimate of drug-likeness (QED) is 0.401. The largest absolute Gasteiger partial charge is 0.497 e. The Hall–Kier alpha value is -3.91. The lowest BCUT2D eigenvalue weighted by molar-refractivity contribution is -0.133. The molecule has 0 saturated heterocycles. The Bertz CT molecular complexity index is 1390. The van der Waals surface area contributed by atoms with Gasteiger partial charge in [0.15, 0.2) is 0 Å². The average molecular weight is 501 g/mol. The first-order valence-corrected chi connectivity index (χ1v) is 12.7. The van der Waals surface area contributed by atoms with E-state index in [-0.39, 0.29) is 24.9 Å². The molecule has 7 nitrogen and oxygen atoms in total. The van der Waals surface area contributed by atoms with Gasteiger partial charge in [0.2, 0.25) is 5.91 Å². The first-order chi connectivity index (χ1) is 17.4. The second-order valence-electron chi connectivity index (χ2n) is 9.23. The van der Waals surface area contributed by atoms with Crippen molar-refractivity contribution in [2.24, 2.45) is 0 Å². The van der Waals surface area contributed by atoms with Crippen LogP contribution in [0.25, 0.3) is 10.6 Å². The summed E-state index contributed by atoms with van der Waals surface area (Å²) in [5, 5.41) is 9.74. The van der Waals surface area contributed by atoms with E-state index in [1.165, 1.54) is 0 Å². The van der Waals surface area contributed by atoms with Crippen molar-refractivity contribution in [3.8, 4) is 16.3 Å². The summed E-state index contributed by atoms with van der Waals surface area (Å²) in [5.41, 5.74) is 3.14. The van der Waals surface area contributed by atoms with Crippen LogP contribution in [0.5, 0.6) is 5.75 Å². The molecule has 8 heteroatoms. The van der Waals surface area contributed by atoms with Crippen molar-refractivity contribution >= 4 is 23.2 Å².